The Balaban J connectivity index is 1.41. The number of benzene rings is 2. The van der Waals surface area contributed by atoms with Crippen LogP contribution in [-0.2, 0) is 31.4 Å². The first-order chi connectivity index (χ1) is 13.5. The molecule has 4 rings (SSSR count). The molecular formula is C20H17ClFN5O. The number of nitrogens with one attached hydrogen (secondary N) is 1. The number of aromatic nitrogens is 3. The van der Waals surface area contributed by atoms with E-state index in [4.69, 9.17) is 11.6 Å². The highest BCUT2D eigenvalue weighted by atomic mass is 35.5. The van der Waals surface area contributed by atoms with Gasteiger partial charge in [0, 0.05) is 25.4 Å². The van der Waals surface area contributed by atoms with Crippen molar-refractivity contribution in [1.29, 1.82) is 0 Å². The number of carbonyl (C=O) groups is 1. The number of fused-ring (bicyclic) bond motifs is 1. The molecule has 1 aliphatic rings. The Bertz CT molecular complexity index is 1090. The van der Waals surface area contributed by atoms with Crippen LogP contribution in [0, 0.1) is 5.82 Å². The minimum Gasteiger partial charge on any atom is -0.352 e. The highest BCUT2D eigenvalue weighted by Gasteiger charge is 2.14. The predicted octanol–water partition coefficient (Wildman–Crippen LogP) is 3.07. The SMILES string of the molecule is Cn1nc(-c2ccc(Cl)c(F)c2)nc1CC(=O)NCc1ccc2c(c1)C=NC2. The normalized spacial score (nSPS) is 12.2. The minimum absolute atomic E-state index is 0.0390. The van der Waals surface area contributed by atoms with Crippen LogP contribution in [0.1, 0.15) is 22.5 Å². The van der Waals surface area contributed by atoms with Crippen LogP contribution in [0.2, 0.25) is 5.02 Å². The Morgan fingerprint density at radius 3 is 2.96 bits per heavy atom. The third kappa shape index (κ3) is 3.80. The van der Waals surface area contributed by atoms with Gasteiger partial charge in [-0.1, -0.05) is 23.7 Å². The van der Waals surface area contributed by atoms with Crippen LogP contribution in [0.5, 0.6) is 0 Å². The van der Waals surface area contributed by atoms with Gasteiger partial charge in [-0.05, 0) is 41.0 Å². The number of aliphatic imine (C=N–C) groups is 1. The summed E-state index contributed by atoms with van der Waals surface area (Å²) in [7, 11) is 1.70. The molecule has 1 N–H and O–H groups in total. The summed E-state index contributed by atoms with van der Waals surface area (Å²) in [6.45, 7) is 1.14. The van der Waals surface area contributed by atoms with Gasteiger partial charge in [-0.3, -0.25) is 14.5 Å². The van der Waals surface area contributed by atoms with Gasteiger partial charge in [0.05, 0.1) is 18.0 Å². The number of aryl methyl sites for hydroxylation is 1. The zero-order valence-corrected chi connectivity index (χ0v) is 15.9. The smallest absolute Gasteiger partial charge is 0.227 e. The Morgan fingerprint density at radius 1 is 1.29 bits per heavy atom. The molecule has 0 saturated heterocycles. The molecule has 0 atom stereocenters. The molecule has 142 valence electrons. The molecule has 0 fully saturated rings. The van der Waals surface area contributed by atoms with Crippen LogP contribution in [0.15, 0.2) is 41.4 Å². The van der Waals surface area contributed by atoms with Crippen molar-refractivity contribution in [3.05, 3.63) is 69.8 Å². The molecule has 28 heavy (non-hydrogen) atoms. The molecule has 6 nitrogen and oxygen atoms in total. The first-order valence-electron chi connectivity index (χ1n) is 8.73. The fraction of sp³-hybridized carbons (Fsp3) is 0.200. The number of nitrogens with zero attached hydrogens (tertiary/aromatic N) is 4. The standard InChI is InChI=1S/C20H17ClFN5O/c1-27-18(25-20(26-27)13-4-5-16(21)17(22)7-13)8-19(28)24-9-12-2-3-14-10-23-11-15(14)6-12/h2-7,11H,8-10H2,1H3,(H,24,28). The zero-order valence-electron chi connectivity index (χ0n) is 15.1. The van der Waals surface area contributed by atoms with Crippen LogP contribution >= 0.6 is 11.6 Å². The van der Waals surface area contributed by atoms with Gasteiger partial charge in [0.15, 0.2) is 5.82 Å². The van der Waals surface area contributed by atoms with E-state index < -0.39 is 5.82 Å². The highest BCUT2D eigenvalue weighted by molar-refractivity contribution is 6.30. The molecule has 3 aromatic rings. The molecule has 0 aliphatic carbocycles. The lowest BCUT2D eigenvalue weighted by Gasteiger charge is -2.06. The van der Waals surface area contributed by atoms with Gasteiger partial charge >= 0.3 is 0 Å². The van der Waals surface area contributed by atoms with E-state index in [0.717, 1.165) is 11.1 Å². The van der Waals surface area contributed by atoms with Gasteiger partial charge in [-0.15, -0.1) is 0 Å². The predicted molar refractivity (Wildman–Crippen MR) is 105 cm³/mol. The molecule has 0 radical (unpaired) electrons. The van der Waals surface area contributed by atoms with Crippen molar-refractivity contribution in [3.63, 3.8) is 0 Å². The molecular weight excluding hydrogens is 381 g/mol. The van der Waals surface area contributed by atoms with Gasteiger partial charge in [0.1, 0.15) is 11.6 Å². The number of hydrogen-bond donors (Lipinski definition) is 1. The lowest BCUT2D eigenvalue weighted by Crippen LogP contribution is -2.25. The van der Waals surface area contributed by atoms with Gasteiger partial charge in [0.25, 0.3) is 0 Å². The van der Waals surface area contributed by atoms with Crippen LogP contribution in [-0.4, -0.2) is 26.9 Å². The van der Waals surface area contributed by atoms with E-state index in [9.17, 15) is 9.18 Å². The molecule has 2 heterocycles. The number of amides is 1. The maximum Gasteiger partial charge on any atom is 0.227 e. The number of rotatable bonds is 5. The summed E-state index contributed by atoms with van der Waals surface area (Å²) in [5, 5.41) is 7.19. The van der Waals surface area contributed by atoms with E-state index in [1.165, 1.54) is 22.4 Å². The fourth-order valence-electron chi connectivity index (χ4n) is 3.00. The van der Waals surface area contributed by atoms with Crippen molar-refractivity contribution in [2.75, 3.05) is 0 Å². The van der Waals surface area contributed by atoms with Crippen molar-refractivity contribution in [3.8, 4) is 11.4 Å². The fourth-order valence-corrected chi connectivity index (χ4v) is 3.11. The van der Waals surface area contributed by atoms with E-state index in [-0.39, 0.29) is 17.4 Å². The highest BCUT2D eigenvalue weighted by Crippen LogP contribution is 2.22. The maximum absolute atomic E-state index is 13.7. The Morgan fingerprint density at radius 2 is 2.14 bits per heavy atom. The van der Waals surface area contributed by atoms with Crippen LogP contribution < -0.4 is 5.32 Å². The van der Waals surface area contributed by atoms with E-state index in [0.29, 0.717) is 30.3 Å². The summed E-state index contributed by atoms with van der Waals surface area (Å²) in [5.41, 5.74) is 3.81. The summed E-state index contributed by atoms with van der Waals surface area (Å²) in [5.74, 6) is 0.131. The third-order valence-electron chi connectivity index (χ3n) is 4.54. The number of halogens is 2. The summed E-state index contributed by atoms with van der Waals surface area (Å²) in [4.78, 5) is 20.9. The number of carbonyl (C=O) groups excluding carboxylic acids is 1. The van der Waals surface area contributed by atoms with Crippen LogP contribution in [0.25, 0.3) is 11.4 Å². The Labute approximate surface area is 166 Å². The second-order valence-corrected chi connectivity index (χ2v) is 6.97. The quantitative estimate of drug-likeness (QED) is 0.719. The van der Waals surface area contributed by atoms with Crippen molar-refractivity contribution in [2.45, 2.75) is 19.5 Å². The molecule has 8 heteroatoms. The van der Waals surface area contributed by atoms with Gasteiger partial charge in [0.2, 0.25) is 5.91 Å². The summed E-state index contributed by atoms with van der Waals surface area (Å²) >= 11 is 5.71. The molecule has 0 saturated carbocycles. The van der Waals surface area contributed by atoms with Gasteiger partial charge in [-0.25, -0.2) is 9.37 Å². The van der Waals surface area contributed by atoms with Crippen LogP contribution in [0.4, 0.5) is 4.39 Å². The molecule has 2 aromatic carbocycles. The van der Waals surface area contributed by atoms with Crippen molar-refractivity contribution >= 4 is 23.7 Å². The molecule has 1 amide bonds. The van der Waals surface area contributed by atoms with Crippen LogP contribution in [0.3, 0.4) is 0 Å². The van der Waals surface area contributed by atoms with E-state index in [1.54, 1.807) is 13.1 Å². The molecule has 1 aliphatic heterocycles. The second-order valence-electron chi connectivity index (χ2n) is 6.56. The van der Waals surface area contributed by atoms with Gasteiger partial charge < -0.3 is 5.32 Å². The summed E-state index contributed by atoms with van der Waals surface area (Å²) in [6, 6.07) is 10.4. The summed E-state index contributed by atoms with van der Waals surface area (Å²) in [6.07, 6.45) is 1.92. The Hall–Kier alpha value is -3.06. The average Bonchev–Trinajstić information content (AvgIpc) is 3.28. The third-order valence-corrected chi connectivity index (χ3v) is 4.85. The van der Waals surface area contributed by atoms with Crippen molar-refractivity contribution in [2.24, 2.45) is 12.0 Å². The minimum atomic E-state index is -0.537. The van der Waals surface area contributed by atoms with Crippen molar-refractivity contribution < 1.29 is 9.18 Å². The van der Waals surface area contributed by atoms with E-state index in [1.807, 2.05) is 24.4 Å². The first-order valence-corrected chi connectivity index (χ1v) is 9.11. The molecule has 0 spiro atoms. The Kier molecular flexibility index (Phi) is 4.92. The first kappa shape index (κ1) is 18.3. The molecule has 0 unspecified atom stereocenters. The monoisotopic (exact) mass is 397 g/mol. The topological polar surface area (TPSA) is 72.2 Å². The lowest BCUT2D eigenvalue weighted by molar-refractivity contribution is -0.120. The lowest BCUT2D eigenvalue weighted by atomic mass is 10.1. The summed E-state index contributed by atoms with van der Waals surface area (Å²) < 4.78 is 15.2. The van der Waals surface area contributed by atoms with Crippen molar-refractivity contribution in [1.82, 2.24) is 20.1 Å². The largest absolute Gasteiger partial charge is 0.352 e. The zero-order chi connectivity index (χ0) is 19.7. The maximum atomic E-state index is 13.7. The number of hydrogen-bond acceptors (Lipinski definition) is 4. The van der Waals surface area contributed by atoms with Gasteiger partial charge in [-0.2, -0.15) is 5.10 Å². The molecule has 0 bridgehead atoms. The average molecular weight is 398 g/mol. The van der Waals surface area contributed by atoms with E-state index in [2.05, 4.69) is 20.4 Å². The second kappa shape index (κ2) is 7.52. The molecule has 1 aromatic heterocycles. The van der Waals surface area contributed by atoms with E-state index >= 15 is 0 Å².